The molecule has 0 unspecified atom stereocenters. The number of carbonyl (C=O) groups is 2. The summed E-state index contributed by atoms with van der Waals surface area (Å²) >= 11 is 6.21. The molecule has 1 saturated heterocycles. The molecular formula is C24H29ClN2O2. The van der Waals surface area contributed by atoms with Gasteiger partial charge in [-0.2, -0.15) is 0 Å². The third-order valence-corrected chi connectivity index (χ3v) is 5.93. The number of likely N-dealkylation sites (tertiary alicyclic amines) is 1. The van der Waals surface area contributed by atoms with Gasteiger partial charge in [0.15, 0.2) is 0 Å². The van der Waals surface area contributed by atoms with Crippen molar-refractivity contribution in [1.29, 1.82) is 0 Å². The Morgan fingerprint density at radius 1 is 1.07 bits per heavy atom. The lowest BCUT2D eigenvalue weighted by atomic mass is 9.94. The molecule has 2 aromatic rings. The summed E-state index contributed by atoms with van der Waals surface area (Å²) in [7, 11) is 0. The number of amides is 2. The lowest BCUT2D eigenvalue weighted by Crippen LogP contribution is -2.45. The van der Waals surface area contributed by atoms with E-state index in [4.69, 9.17) is 11.6 Å². The molecule has 0 spiro atoms. The van der Waals surface area contributed by atoms with Crippen molar-refractivity contribution in [3.05, 3.63) is 70.7 Å². The van der Waals surface area contributed by atoms with Crippen LogP contribution in [0.4, 0.5) is 0 Å². The van der Waals surface area contributed by atoms with Crippen LogP contribution in [0.1, 0.15) is 37.3 Å². The summed E-state index contributed by atoms with van der Waals surface area (Å²) in [6.45, 7) is 3.32. The average molecular weight is 413 g/mol. The highest BCUT2D eigenvalue weighted by atomic mass is 35.5. The van der Waals surface area contributed by atoms with E-state index < -0.39 is 0 Å². The summed E-state index contributed by atoms with van der Waals surface area (Å²) in [6.07, 6.45) is 3.45. The second kappa shape index (κ2) is 10.4. The number of piperidine rings is 1. The van der Waals surface area contributed by atoms with Crippen LogP contribution < -0.4 is 5.32 Å². The SMILES string of the molecule is C[C@@H](Cc1ccccc1Cl)NC(=O)C1CCN(C(=O)CCc2ccccc2)CC1. The first-order valence-corrected chi connectivity index (χ1v) is 10.8. The molecule has 1 aliphatic heterocycles. The van der Waals surface area contributed by atoms with E-state index in [0.29, 0.717) is 25.9 Å². The zero-order valence-electron chi connectivity index (χ0n) is 16.9. The Morgan fingerprint density at radius 2 is 1.72 bits per heavy atom. The van der Waals surface area contributed by atoms with Gasteiger partial charge in [0, 0.05) is 36.5 Å². The molecule has 0 bridgehead atoms. The number of carbonyl (C=O) groups excluding carboxylic acids is 2. The molecule has 1 N–H and O–H groups in total. The highest BCUT2D eigenvalue weighted by Crippen LogP contribution is 2.20. The summed E-state index contributed by atoms with van der Waals surface area (Å²) in [5.74, 6) is 0.239. The first-order valence-electron chi connectivity index (χ1n) is 10.4. The van der Waals surface area contributed by atoms with Crippen LogP contribution in [0, 0.1) is 5.92 Å². The number of benzene rings is 2. The van der Waals surface area contributed by atoms with E-state index in [-0.39, 0.29) is 23.8 Å². The molecule has 0 radical (unpaired) electrons. The van der Waals surface area contributed by atoms with Crippen LogP contribution in [0.15, 0.2) is 54.6 Å². The highest BCUT2D eigenvalue weighted by molar-refractivity contribution is 6.31. The lowest BCUT2D eigenvalue weighted by Gasteiger charge is -2.32. The number of nitrogens with one attached hydrogen (secondary N) is 1. The number of hydrogen-bond donors (Lipinski definition) is 1. The van der Waals surface area contributed by atoms with Gasteiger partial charge in [0.1, 0.15) is 0 Å². The molecule has 154 valence electrons. The number of hydrogen-bond acceptors (Lipinski definition) is 2. The van der Waals surface area contributed by atoms with E-state index in [0.717, 1.165) is 29.8 Å². The van der Waals surface area contributed by atoms with Gasteiger partial charge in [0.25, 0.3) is 0 Å². The fourth-order valence-corrected chi connectivity index (χ4v) is 4.06. The highest BCUT2D eigenvalue weighted by Gasteiger charge is 2.27. The van der Waals surface area contributed by atoms with Crippen molar-refractivity contribution in [2.75, 3.05) is 13.1 Å². The van der Waals surface area contributed by atoms with E-state index in [1.807, 2.05) is 66.4 Å². The van der Waals surface area contributed by atoms with Crippen molar-refractivity contribution in [2.45, 2.75) is 45.1 Å². The molecule has 29 heavy (non-hydrogen) atoms. The number of aryl methyl sites for hydroxylation is 1. The van der Waals surface area contributed by atoms with Crippen LogP contribution in [-0.4, -0.2) is 35.8 Å². The normalized spacial score (nSPS) is 15.7. The Bertz CT molecular complexity index is 817. The zero-order valence-corrected chi connectivity index (χ0v) is 17.7. The predicted molar refractivity (Wildman–Crippen MR) is 117 cm³/mol. The molecule has 2 aromatic carbocycles. The van der Waals surface area contributed by atoms with Crippen molar-refractivity contribution in [3.8, 4) is 0 Å². The maximum atomic E-state index is 12.6. The van der Waals surface area contributed by atoms with Crippen LogP contribution in [0.2, 0.25) is 5.02 Å². The molecule has 1 aliphatic rings. The number of halogens is 1. The third-order valence-electron chi connectivity index (χ3n) is 5.56. The first kappa shape index (κ1) is 21.4. The minimum absolute atomic E-state index is 0.0212. The number of nitrogens with zero attached hydrogens (tertiary/aromatic N) is 1. The molecule has 0 aliphatic carbocycles. The summed E-state index contributed by atoms with van der Waals surface area (Å²) < 4.78 is 0. The summed E-state index contributed by atoms with van der Waals surface area (Å²) in [4.78, 5) is 27.0. The van der Waals surface area contributed by atoms with Crippen LogP contribution in [-0.2, 0) is 22.4 Å². The van der Waals surface area contributed by atoms with Crippen molar-refractivity contribution in [2.24, 2.45) is 5.92 Å². The first-order chi connectivity index (χ1) is 14.0. The molecule has 5 heteroatoms. The standard InChI is InChI=1S/C24H29ClN2O2/c1-18(17-21-9-5-6-10-22(21)25)26-24(29)20-13-15-27(16-14-20)23(28)12-11-19-7-3-2-4-8-19/h2-10,18,20H,11-17H2,1H3,(H,26,29)/t18-/m0/s1. The Labute approximate surface area is 178 Å². The molecular weight excluding hydrogens is 384 g/mol. The van der Waals surface area contributed by atoms with Gasteiger partial charge in [-0.1, -0.05) is 60.1 Å². The minimum Gasteiger partial charge on any atom is -0.353 e. The van der Waals surface area contributed by atoms with Crippen molar-refractivity contribution in [3.63, 3.8) is 0 Å². The number of rotatable bonds is 7. The molecule has 0 saturated carbocycles. The Morgan fingerprint density at radius 3 is 2.41 bits per heavy atom. The zero-order chi connectivity index (χ0) is 20.6. The quantitative estimate of drug-likeness (QED) is 0.738. The smallest absolute Gasteiger partial charge is 0.223 e. The Kier molecular flexibility index (Phi) is 7.70. The fraction of sp³-hybridized carbons (Fsp3) is 0.417. The maximum absolute atomic E-state index is 12.6. The van der Waals surface area contributed by atoms with Crippen molar-refractivity contribution >= 4 is 23.4 Å². The van der Waals surface area contributed by atoms with Gasteiger partial charge in [-0.15, -0.1) is 0 Å². The second-order valence-electron chi connectivity index (χ2n) is 7.85. The fourth-order valence-electron chi connectivity index (χ4n) is 3.85. The van der Waals surface area contributed by atoms with Crippen LogP contribution in [0.25, 0.3) is 0 Å². The summed E-state index contributed by atoms with van der Waals surface area (Å²) in [5.41, 5.74) is 2.23. The van der Waals surface area contributed by atoms with E-state index in [1.54, 1.807) is 0 Å². The average Bonchev–Trinajstić information content (AvgIpc) is 2.74. The molecule has 4 nitrogen and oxygen atoms in total. The van der Waals surface area contributed by atoms with Gasteiger partial charge in [-0.05, 0) is 49.8 Å². The molecule has 0 aromatic heterocycles. The van der Waals surface area contributed by atoms with Gasteiger partial charge in [0.05, 0.1) is 0 Å². The van der Waals surface area contributed by atoms with E-state index >= 15 is 0 Å². The van der Waals surface area contributed by atoms with E-state index in [2.05, 4.69) is 5.32 Å². The molecule has 1 heterocycles. The molecule has 2 amide bonds. The van der Waals surface area contributed by atoms with E-state index in [9.17, 15) is 9.59 Å². The monoisotopic (exact) mass is 412 g/mol. The Hall–Kier alpha value is -2.33. The molecule has 1 atom stereocenters. The summed E-state index contributed by atoms with van der Waals surface area (Å²) in [6, 6.07) is 17.8. The topological polar surface area (TPSA) is 49.4 Å². The molecule has 1 fully saturated rings. The van der Waals surface area contributed by atoms with Crippen LogP contribution in [0.3, 0.4) is 0 Å². The van der Waals surface area contributed by atoms with Crippen molar-refractivity contribution in [1.82, 2.24) is 10.2 Å². The van der Waals surface area contributed by atoms with Gasteiger partial charge >= 0.3 is 0 Å². The van der Waals surface area contributed by atoms with Gasteiger partial charge < -0.3 is 10.2 Å². The summed E-state index contributed by atoms with van der Waals surface area (Å²) in [5, 5.41) is 3.85. The maximum Gasteiger partial charge on any atom is 0.223 e. The Balaban J connectivity index is 1.40. The predicted octanol–water partition coefficient (Wildman–Crippen LogP) is 4.26. The second-order valence-corrected chi connectivity index (χ2v) is 8.25. The largest absolute Gasteiger partial charge is 0.353 e. The lowest BCUT2D eigenvalue weighted by molar-refractivity contribution is -0.135. The molecule has 3 rings (SSSR count). The van der Waals surface area contributed by atoms with Crippen LogP contribution in [0.5, 0.6) is 0 Å². The van der Waals surface area contributed by atoms with E-state index in [1.165, 1.54) is 5.56 Å². The minimum atomic E-state index is -0.0260. The van der Waals surface area contributed by atoms with Gasteiger partial charge in [-0.3, -0.25) is 9.59 Å². The van der Waals surface area contributed by atoms with Gasteiger partial charge in [-0.25, -0.2) is 0 Å². The van der Waals surface area contributed by atoms with Gasteiger partial charge in [0.2, 0.25) is 11.8 Å². The van der Waals surface area contributed by atoms with Crippen LogP contribution >= 0.6 is 11.6 Å². The van der Waals surface area contributed by atoms with Crippen molar-refractivity contribution < 1.29 is 9.59 Å². The third kappa shape index (κ3) is 6.33.